The Morgan fingerprint density at radius 1 is 1.11 bits per heavy atom. The Morgan fingerprint density at radius 3 is 2.54 bits per heavy atom. The molecule has 146 valence electrons. The molecule has 0 saturated heterocycles. The van der Waals surface area contributed by atoms with Crippen LogP contribution >= 0.6 is 0 Å². The van der Waals surface area contributed by atoms with E-state index in [4.69, 9.17) is 9.15 Å². The number of rotatable bonds is 7. The fourth-order valence-corrected chi connectivity index (χ4v) is 2.96. The van der Waals surface area contributed by atoms with Crippen molar-refractivity contribution >= 4 is 28.5 Å². The Bertz CT molecular complexity index is 990. The summed E-state index contributed by atoms with van der Waals surface area (Å²) in [5, 5.41) is 6.57. The van der Waals surface area contributed by atoms with Crippen molar-refractivity contribution in [3.63, 3.8) is 0 Å². The Kier molecular flexibility index (Phi) is 5.99. The summed E-state index contributed by atoms with van der Waals surface area (Å²) in [7, 11) is 1.60. The number of amides is 2. The third kappa shape index (κ3) is 4.34. The first-order valence-electron chi connectivity index (χ1n) is 9.26. The molecule has 2 amide bonds. The standard InChI is InChI=1S/C22H24N2O4/c1-4-5-20(25)24-16-8-6-15(7-9-16)13-23-22(26)21-14(2)18-12-17(27-3)10-11-19(18)28-21/h6-12H,4-5,13H2,1-3H3,(H,23,26)(H,24,25). The zero-order valence-corrected chi connectivity index (χ0v) is 16.3. The molecule has 0 atom stereocenters. The summed E-state index contributed by atoms with van der Waals surface area (Å²) in [5.41, 5.74) is 3.10. The zero-order valence-electron chi connectivity index (χ0n) is 16.3. The van der Waals surface area contributed by atoms with Crippen LogP contribution in [0.2, 0.25) is 0 Å². The molecule has 0 aliphatic rings. The SMILES string of the molecule is CCCC(=O)Nc1ccc(CNC(=O)c2oc3ccc(OC)cc3c2C)cc1. The van der Waals surface area contributed by atoms with E-state index in [9.17, 15) is 9.59 Å². The van der Waals surface area contributed by atoms with Crippen molar-refractivity contribution in [2.24, 2.45) is 0 Å². The number of aryl methyl sites for hydroxylation is 1. The van der Waals surface area contributed by atoms with Crippen molar-refractivity contribution < 1.29 is 18.7 Å². The van der Waals surface area contributed by atoms with Crippen LogP contribution in [-0.2, 0) is 11.3 Å². The molecule has 1 heterocycles. The summed E-state index contributed by atoms with van der Waals surface area (Å²) in [6.45, 7) is 4.18. The maximum atomic E-state index is 12.6. The van der Waals surface area contributed by atoms with Crippen LogP contribution in [0.3, 0.4) is 0 Å². The van der Waals surface area contributed by atoms with E-state index in [2.05, 4.69) is 10.6 Å². The van der Waals surface area contributed by atoms with Gasteiger partial charge < -0.3 is 19.8 Å². The summed E-state index contributed by atoms with van der Waals surface area (Å²) in [5.74, 6) is 0.745. The number of hydrogen-bond acceptors (Lipinski definition) is 4. The first kappa shape index (κ1) is 19.5. The monoisotopic (exact) mass is 380 g/mol. The summed E-state index contributed by atoms with van der Waals surface area (Å²) >= 11 is 0. The van der Waals surface area contributed by atoms with Crippen LogP contribution in [-0.4, -0.2) is 18.9 Å². The van der Waals surface area contributed by atoms with Gasteiger partial charge in [-0.2, -0.15) is 0 Å². The molecule has 28 heavy (non-hydrogen) atoms. The van der Waals surface area contributed by atoms with Crippen molar-refractivity contribution in [1.29, 1.82) is 0 Å². The van der Waals surface area contributed by atoms with Gasteiger partial charge in [0.1, 0.15) is 11.3 Å². The van der Waals surface area contributed by atoms with Gasteiger partial charge in [0.15, 0.2) is 5.76 Å². The molecule has 0 spiro atoms. The normalized spacial score (nSPS) is 10.7. The van der Waals surface area contributed by atoms with Gasteiger partial charge >= 0.3 is 0 Å². The van der Waals surface area contributed by atoms with E-state index in [0.717, 1.165) is 34.4 Å². The van der Waals surface area contributed by atoms with Crippen LogP contribution in [0.4, 0.5) is 5.69 Å². The molecule has 3 aromatic rings. The fraction of sp³-hybridized carbons (Fsp3) is 0.273. The maximum absolute atomic E-state index is 12.6. The summed E-state index contributed by atoms with van der Waals surface area (Å²) in [6.07, 6.45) is 1.31. The van der Waals surface area contributed by atoms with E-state index in [-0.39, 0.29) is 11.8 Å². The largest absolute Gasteiger partial charge is 0.497 e. The second-order valence-electron chi connectivity index (χ2n) is 6.60. The van der Waals surface area contributed by atoms with Gasteiger partial charge in [-0.15, -0.1) is 0 Å². The predicted octanol–water partition coefficient (Wildman–Crippen LogP) is 4.42. The fourth-order valence-electron chi connectivity index (χ4n) is 2.96. The number of fused-ring (bicyclic) bond motifs is 1. The van der Waals surface area contributed by atoms with Gasteiger partial charge in [-0.25, -0.2) is 0 Å². The number of furan rings is 1. The molecular formula is C22H24N2O4. The van der Waals surface area contributed by atoms with Gasteiger partial charge in [-0.3, -0.25) is 9.59 Å². The van der Waals surface area contributed by atoms with Gasteiger partial charge in [0.2, 0.25) is 5.91 Å². The third-order valence-corrected chi connectivity index (χ3v) is 4.52. The highest BCUT2D eigenvalue weighted by molar-refractivity contribution is 5.99. The summed E-state index contributed by atoms with van der Waals surface area (Å²) < 4.78 is 11.0. The van der Waals surface area contributed by atoms with E-state index in [1.807, 2.05) is 44.2 Å². The lowest BCUT2D eigenvalue weighted by Gasteiger charge is -2.07. The molecule has 2 N–H and O–H groups in total. The van der Waals surface area contributed by atoms with E-state index in [0.29, 0.717) is 24.3 Å². The molecule has 1 aromatic heterocycles. The molecule has 6 heteroatoms. The molecule has 3 rings (SSSR count). The molecular weight excluding hydrogens is 356 g/mol. The smallest absolute Gasteiger partial charge is 0.287 e. The number of ether oxygens (including phenoxy) is 1. The molecule has 2 aromatic carbocycles. The lowest BCUT2D eigenvalue weighted by atomic mass is 10.1. The number of carbonyl (C=O) groups is 2. The number of benzene rings is 2. The number of methoxy groups -OCH3 is 1. The lowest BCUT2D eigenvalue weighted by Crippen LogP contribution is -2.23. The minimum Gasteiger partial charge on any atom is -0.497 e. The number of hydrogen-bond donors (Lipinski definition) is 2. The van der Waals surface area contributed by atoms with E-state index in [1.165, 1.54) is 0 Å². The highest BCUT2D eigenvalue weighted by Crippen LogP contribution is 2.28. The average molecular weight is 380 g/mol. The van der Waals surface area contributed by atoms with E-state index < -0.39 is 0 Å². The van der Waals surface area contributed by atoms with Gasteiger partial charge in [-0.05, 0) is 49.2 Å². The molecule has 0 fully saturated rings. The average Bonchev–Trinajstić information content (AvgIpc) is 3.03. The van der Waals surface area contributed by atoms with Crippen molar-refractivity contribution in [1.82, 2.24) is 5.32 Å². The summed E-state index contributed by atoms with van der Waals surface area (Å²) in [6, 6.07) is 12.9. The Morgan fingerprint density at radius 2 is 1.86 bits per heavy atom. The lowest BCUT2D eigenvalue weighted by molar-refractivity contribution is -0.116. The highest BCUT2D eigenvalue weighted by atomic mass is 16.5. The minimum absolute atomic E-state index is 0.000504. The van der Waals surface area contributed by atoms with Crippen molar-refractivity contribution in [3.8, 4) is 5.75 Å². The van der Waals surface area contributed by atoms with Gasteiger partial charge in [0, 0.05) is 29.6 Å². The van der Waals surface area contributed by atoms with Crippen LogP contribution in [0.5, 0.6) is 5.75 Å². The van der Waals surface area contributed by atoms with Crippen LogP contribution < -0.4 is 15.4 Å². The second kappa shape index (κ2) is 8.61. The first-order chi connectivity index (χ1) is 13.5. The quantitative estimate of drug-likeness (QED) is 0.636. The predicted molar refractivity (Wildman–Crippen MR) is 109 cm³/mol. The molecule has 0 aliphatic carbocycles. The Hall–Kier alpha value is -3.28. The molecule has 0 bridgehead atoms. The number of nitrogens with one attached hydrogen (secondary N) is 2. The molecule has 6 nitrogen and oxygen atoms in total. The van der Waals surface area contributed by atoms with Gasteiger partial charge in [0.25, 0.3) is 5.91 Å². The number of anilines is 1. The van der Waals surface area contributed by atoms with E-state index >= 15 is 0 Å². The Balaban J connectivity index is 1.65. The molecule has 0 saturated carbocycles. The van der Waals surface area contributed by atoms with Crippen molar-refractivity contribution in [2.75, 3.05) is 12.4 Å². The molecule has 0 aliphatic heterocycles. The van der Waals surface area contributed by atoms with Gasteiger partial charge in [-0.1, -0.05) is 19.1 Å². The first-order valence-corrected chi connectivity index (χ1v) is 9.26. The third-order valence-electron chi connectivity index (χ3n) is 4.52. The van der Waals surface area contributed by atoms with E-state index in [1.54, 1.807) is 19.2 Å². The highest BCUT2D eigenvalue weighted by Gasteiger charge is 2.18. The van der Waals surface area contributed by atoms with Crippen LogP contribution in [0, 0.1) is 6.92 Å². The van der Waals surface area contributed by atoms with Crippen molar-refractivity contribution in [2.45, 2.75) is 33.2 Å². The molecule has 0 radical (unpaired) electrons. The van der Waals surface area contributed by atoms with Crippen LogP contribution in [0.15, 0.2) is 46.9 Å². The van der Waals surface area contributed by atoms with Crippen LogP contribution in [0.1, 0.15) is 41.4 Å². The minimum atomic E-state index is -0.270. The van der Waals surface area contributed by atoms with Crippen LogP contribution in [0.25, 0.3) is 11.0 Å². The van der Waals surface area contributed by atoms with Crippen molar-refractivity contribution in [3.05, 3.63) is 59.4 Å². The summed E-state index contributed by atoms with van der Waals surface area (Å²) in [4.78, 5) is 24.2. The number of carbonyl (C=O) groups excluding carboxylic acids is 2. The van der Waals surface area contributed by atoms with Gasteiger partial charge in [0.05, 0.1) is 7.11 Å². The Labute approximate surface area is 163 Å². The zero-order chi connectivity index (χ0) is 20.1. The topological polar surface area (TPSA) is 80.6 Å². The second-order valence-corrected chi connectivity index (χ2v) is 6.60. The maximum Gasteiger partial charge on any atom is 0.287 e. The molecule has 0 unspecified atom stereocenters.